The molecule has 0 aliphatic carbocycles. The fourth-order valence-corrected chi connectivity index (χ4v) is 2.05. The number of rotatable bonds is 2. The highest BCUT2D eigenvalue weighted by atomic mass is 16.3. The van der Waals surface area contributed by atoms with Crippen LogP contribution in [-0.2, 0) is 0 Å². The molecule has 1 aliphatic rings. The second kappa shape index (κ2) is 4.02. The summed E-state index contributed by atoms with van der Waals surface area (Å²) in [5.74, 6) is 1.72. The SMILES string of the molecule is CC1CCN(c2cnc(N)cn2)C1CO. The lowest BCUT2D eigenvalue weighted by Crippen LogP contribution is -2.35. The Hall–Kier alpha value is -1.36. The Labute approximate surface area is 88.9 Å². The van der Waals surface area contributed by atoms with Crippen molar-refractivity contribution in [2.75, 3.05) is 23.8 Å². The number of aliphatic hydroxyl groups is 1. The van der Waals surface area contributed by atoms with E-state index in [4.69, 9.17) is 5.73 Å². The maximum Gasteiger partial charge on any atom is 0.147 e. The molecule has 2 heterocycles. The molecule has 82 valence electrons. The van der Waals surface area contributed by atoms with Gasteiger partial charge in [0.1, 0.15) is 11.6 Å². The molecule has 0 aromatic carbocycles. The van der Waals surface area contributed by atoms with Crippen LogP contribution >= 0.6 is 0 Å². The van der Waals surface area contributed by atoms with Crippen LogP contribution in [0.25, 0.3) is 0 Å². The Kier molecular flexibility index (Phi) is 2.73. The van der Waals surface area contributed by atoms with Gasteiger partial charge in [-0.05, 0) is 12.3 Å². The minimum atomic E-state index is 0.155. The molecule has 5 nitrogen and oxygen atoms in total. The lowest BCUT2D eigenvalue weighted by Gasteiger charge is -2.25. The fraction of sp³-hybridized carbons (Fsp3) is 0.600. The van der Waals surface area contributed by atoms with Crippen LogP contribution in [0.15, 0.2) is 12.4 Å². The number of hydrogen-bond donors (Lipinski definition) is 2. The summed E-state index contributed by atoms with van der Waals surface area (Å²) < 4.78 is 0. The fourth-order valence-electron chi connectivity index (χ4n) is 2.05. The molecule has 1 aromatic heterocycles. The van der Waals surface area contributed by atoms with Crippen molar-refractivity contribution in [3.8, 4) is 0 Å². The van der Waals surface area contributed by atoms with Crippen LogP contribution in [0.2, 0.25) is 0 Å². The van der Waals surface area contributed by atoms with E-state index in [1.807, 2.05) is 0 Å². The molecule has 3 N–H and O–H groups in total. The third kappa shape index (κ3) is 1.87. The summed E-state index contributed by atoms with van der Waals surface area (Å²) in [5.41, 5.74) is 5.48. The summed E-state index contributed by atoms with van der Waals surface area (Å²) in [4.78, 5) is 10.3. The molecule has 0 saturated carbocycles. The monoisotopic (exact) mass is 208 g/mol. The molecule has 0 amide bonds. The molecule has 1 saturated heterocycles. The van der Waals surface area contributed by atoms with E-state index >= 15 is 0 Å². The molecule has 2 atom stereocenters. The zero-order valence-corrected chi connectivity index (χ0v) is 8.80. The quantitative estimate of drug-likeness (QED) is 0.729. The van der Waals surface area contributed by atoms with Crippen molar-refractivity contribution >= 4 is 11.6 Å². The number of aromatic nitrogens is 2. The zero-order chi connectivity index (χ0) is 10.8. The second-order valence-electron chi connectivity index (χ2n) is 4.01. The van der Waals surface area contributed by atoms with Gasteiger partial charge in [-0.1, -0.05) is 6.92 Å². The lowest BCUT2D eigenvalue weighted by atomic mass is 10.0. The normalized spacial score (nSPS) is 25.9. The largest absolute Gasteiger partial charge is 0.394 e. The van der Waals surface area contributed by atoms with Gasteiger partial charge in [0.25, 0.3) is 0 Å². The van der Waals surface area contributed by atoms with Crippen LogP contribution in [0.3, 0.4) is 0 Å². The highest BCUT2D eigenvalue weighted by molar-refractivity contribution is 5.42. The van der Waals surface area contributed by atoms with E-state index in [0.29, 0.717) is 11.7 Å². The summed E-state index contributed by atoms with van der Waals surface area (Å²) in [7, 11) is 0. The molecule has 1 aliphatic heterocycles. The number of nitrogen functional groups attached to an aromatic ring is 1. The predicted molar refractivity (Wildman–Crippen MR) is 58.4 cm³/mol. The maximum absolute atomic E-state index is 9.31. The van der Waals surface area contributed by atoms with Gasteiger partial charge in [0.05, 0.1) is 25.0 Å². The van der Waals surface area contributed by atoms with E-state index in [2.05, 4.69) is 21.8 Å². The Morgan fingerprint density at radius 1 is 1.53 bits per heavy atom. The van der Waals surface area contributed by atoms with Crippen LogP contribution in [0.1, 0.15) is 13.3 Å². The summed E-state index contributed by atoms with van der Waals surface area (Å²) >= 11 is 0. The Bertz CT molecular complexity index is 327. The first-order chi connectivity index (χ1) is 7.22. The highest BCUT2D eigenvalue weighted by Crippen LogP contribution is 2.27. The van der Waals surface area contributed by atoms with Crippen molar-refractivity contribution in [1.29, 1.82) is 0 Å². The Balaban J connectivity index is 2.20. The Morgan fingerprint density at radius 2 is 2.33 bits per heavy atom. The molecule has 15 heavy (non-hydrogen) atoms. The topological polar surface area (TPSA) is 75.3 Å². The average molecular weight is 208 g/mol. The van der Waals surface area contributed by atoms with E-state index in [-0.39, 0.29) is 12.6 Å². The average Bonchev–Trinajstić information content (AvgIpc) is 2.61. The van der Waals surface area contributed by atoms with Crippen molar-refractivity contribution in [1.82, 2.24) is 9.97 Å². The molecular formula is C10H16N4O. The summed E-state index contributed by atoms with van der Waals surface area (Å²) in [5, 5.41) is 9.31. The molecule has 2 unspecified atom stereocenters. The van der Waals surface area contributed by atoms with Gasteiger partial charge >= 0.3 is 0 Å². The summed E-state index contributed by atoms with van der Waals surface area (Å²) in [6.07, 6.45) is 4.29. The highest BCUT2D eigenvalue weighted by Gasteiger charge is 2.31. The molecule has 5 heteroatoms. The first-order valence-corrected chi connectivity index (χ1v) is 5.17. The van der Waals surface area contributed by atoms with Crippen molar-refractivity contribution in [2.24, 2.45) is 5.92 Å². The van der Waals surface area contributed by atoms with E-state index in [0.717, 1.165) is 18.8 Å². The van der Waals surface area contributed by atoms with Crippen LogP contribution in [0.4, 0.5) is 11.6 Å². The van der Waals surface area contributed by atoms with Gasteiger partial charge < -0.3 is 15.7 Å². The van der Waals surface area contributed by atoms with Gasteiger partial charge in [-0.25, -0.2) is 9.97 Å². The van der Waals surface area contributed by atoms with Gasteiger partial charge in [-0.2, -0.15) is 0 Å². The van der Waals surface area contributed by atoms with Crippen LogP contribution in [0.5, 0.6) is 0 Å². The van der Waals surface area contributed by atoms with Gasteiger partial charge in [-0.3, -0.25) is 0 Å². The number of aliphatic hydroxyl groups excluding tert-OH is 1. The van der Waals surface area contributed by atoms with Crippen molar-refractivity contribution in [3.63, 3.8) is 0 Å². The van der Waals surface area contributed by atoms with Crippen molar-refractivity contribution in [3.05, 3.63) is 12.4 Å². The van der Waals surface area contributed by atoms with Crippen LogP contribution in [0, 0.1) is 5.92 Å². The predicted octanol–water partition coefficient (Wildman–Crippen LogP) is 0.266. The second-order valence-corrected chi connectivity index (χ2v) is 4.01. The minimum absolute atomic E-state index is 0.155. The van der Waals surface area contributed by atoms with Gasteiger partial charge in [0, 0.05) is 6.54 Å². The van der Waals surface area contributed by atoms with E-state index in [1.54, 1.807) is 12.4 Å². The van der Waals surface area contributed by atoms with Crippen LogP contribution < -0.4 is 10.6 Å². The van der Waals surface area contributed by atoms with Crippen molar-refractivity contribution in [2.45, 2.75) is 19.4 Å². The van der Waals surface area contributed by atoms with Crippen molar-refractivity contribution < 1.29 is 5.11 Å². The summed E-state index contributed by atoms with van der Waals surface area (Å²) in [6.45, 7) is 3.23. The maximum atomic E-state index is 9.31. The Morgan fingerprint density at radius 3 is 2.93 bits per heavy atom. The molecule has 0 bridgehead atoms. The lowest BCUT2D eigenvalue weighted by molar-refractivity contribution is 0.244. The number of anilines is 2. The molecule has 2 rings (SSSR count). The van der Waals surface area contributed by atoms with Gasteiger partial charge in [-0.15, -0.1) is 0 Å². The third-order valence-electron chi connectivity index (χ3n) is 3.02. The first kappa shape index (κ1) is 10.2. The van der Waals surface area contributed by atoms with E-state index in [1.165, 1.54) is 0 Å². The van der Waals surface area contributed by atoms with Crippen LogP contribution in [-0.4, -0.2) is 34.3 Å². The van der Waals surface area contributed by atoms with Gasteiger partial charge in [0.2, 0.25) is 0 Å². The van der Waals surface area contributed by atoms with E-state index < -0.39 is 0 Å². The standard InChI is InChI=1S/C10H16N4O/c1-7-2-3-14(8(7)6-15)10-5-12-9(11)4-13-10/h4-5,7-8,15H,2-3,6H2,1H3,(H2,11,12). The van der Waals surface area contributed by atoms with Gasteiger partial charge in [0.15, 0.2) is 0 Å². The van der Waals surface area contributed by atoms with E-state index in [9.17, 15) is 5.11 Å². The molecule has 0 radical (unpaired) electrons. The third-order valence-corrected chi connectivity index (χ3v) is 3.02. The number of nitrogens with zero attached hydrogens (tertiary/aromatic N) is 3. The first-order valence-electron chi connectivity index (χ1n) is 5.17. The minimum Gasteiger partial charge on any atom is -0.394 e. The molecule has 1 aromatic rings. The molecular weight excluding hydrogens is 192 g/mol. The smallest absolute Gasteiger partial charge is 0.147 e. The number of nitrogens with two attached hydrogens (primary N) is 1. The zero-order valence-electron chi connectivity index (χ0n) is 8.80. The molecule has 1 fully saturated rings. The molecule has 0 spiro atoms. The summed E-state index contributed by atoms with van der Waals surface area (Å²) in [6, 6.07) is 0.155. The number of hydrogen-bond acceptors (Lipinski definition) is 5.